The van der Waals surface area contributed by atoms with Crippen molar-refractivity contribution < 1.29 is 0 Å². The number of anilines is 1. The number of benzene rings is 1. The molecule has 1 nitrogen and oxygen atoms in total. The second-order valence-electron chi connectivity index (χ2n) is 4.93. The van der Waals surface area contributed by atoms with Gasteiger partial charge in [-0.1, -0.05) is 41.4 Å². The molecule has 0 N–H and O–H groups in total. The van der Waals surface area contributed by atoms with Crippen molar-refractivity contribution in [1.29, 1.82) is 0 Å². The summed E-state index contributed by atoms with van der Waals surface area (Å²) < 4.78 is 0. The second kappa shape index (κ2) is 6.44. The van der Waals surface area contributed by atoms with Crippen LogP contribution in [0.5, 0.6) is 0 Å². The van der Waals surface area contributed by atoms with Gasteiger partial charge in [-0.3, -0.25) is 0 Å². The maximum atomic E-state index is 3.50. The smallest absolute Gasteiger partial charge is 0.0368 e. The van der Waals surface area contributed by atoms with E-state index in [1.54, 1.807) is 0 Å². The first kappa shape index (κ1) is 12.9. The zero-order valence-electron chi connectivity index (χ0n) is 10.7. The Morgan fingerprint density at radius 1 is 1.24 bits per heavy atom. The molecule has 0 amide bonds. The fourth-order valence-electron chi connectivity index (χ4n) is 2.75. The predicted octanol–water partition coefficient (Wildman–Crippen LogP) is 4.74. The summed E-state index contributed by atoms with van der Waals surface area (Å²) in [5.41, 5.74) is 2.77. The summed E-state index contributed by atoms with van der Waals surface area (Å²) in [5.74, 6) is 0. The highest BCUT2D eigenvalue weighted by Gasteiger charge is 2.21. The Morgan fingerprint density at radius 2 is 2.00 bits per heavy atom. The molecular formula is C15H22BrN. The van der Waals surface area contributed by atoms with Crippen molar-refractivity contribution in [3.05, 3.63) is 29.8 Å². The highest BCUT2D eigenvalue weighted by Crippen LogP contribution is 2.27. The third kappa shape index (κ3) is 3.25. The van der Waals surface area contributed by atoms with Gasteiger partial charge >= 0.3 is 0 Å². The summed E-state index contributed by atoms with van der Waals surface area (Å²) in [4.78, 5) is 2.62. The molecule has 2 rings (SSSR count). The minimum atomic E-state index is 0.767. The van der Waals surface area contributed by atoms with Crippen LogP contribution >= 0.6 is 15.9 Å². The summed E-state index contributed by atoms with van der Waals surface area (Å²) in [6.45, 7) is 3.53. The van der Waals surface area contributed by atoms with Crippen molar-refractivity contribution in [2.24, 2.45) is 0 Å². The van der Waals surface area contributed by atoms with E-state index in [-0.39, 0.29) is 0 Å². The Kier molecular flexibility index (Phi) is 4.90. The van der Waals surface area contributed by atoms with Crippen LogP contribution in [0.3, 0.4) is 0 Å². The van der Waals surface area contributed by atoms with Crippen LogP contribution in [0.1, 0.15) is 44.6 Å². The number of piperidine rings is 1. The molecule has 0 radical (unpaired) electrons. The van der Waals surface area contributed by atoms with E-state index in [0.717, 1.165) is 11.4 Å². The van der Waals surface area contributed by atoms with Crippen molar-refractivity contribution in [2.45, 2.75) is 50.4 Å². The van der Waals surface area contributed by atoms with Gasteiger partial charge in [0.05, 0.1) is 0 Å². The summed E-state index contributed by atoms with van der Waals surface area (Å²) >= 11 is 3.50. The largest absolute Gasteiger partial charge is 0.369 e. The van der Waals surface area contributed by atoms with Gasteiger partial charge in [0.25, 0.3) is 0 Å². The molecule has 1 aliphatic heterocycles. The molecule has 0 saturated carbocycles. The maximum absolute atomic E-state index is 3.50. The number of nitrogens with zero attached hydrogens (tertiary/aromatic N) is 1. The molecule has 1 atom stereocenters. The minimum Gasteiger partial charge on any atom is -0.369 e. The van der Waals surface area contributed by atoms with Crippen LogP contribution in [0.15, 0.2) is 24.3 Å². The number of alkyl halides is 1. The van der Waals surface area contributed by atoms with Gasteiger partial charge in [0.15, 0.2) is 0 Å². The van der Waals surface area contributed by atoms with Gasteiger partial charge in [0.2, 0.25) is 0 Å². The molecule has 2 heteroatoms. The average molecular weight is 296 g/mol. The fourth-order valence-corrected chi connectivity index (χ4v) is 3.12. The highest BCUT2D eigenvalue weighted by atomic mass is 79.9. The van der Waals surface area contributed by atoms with E-state index in [1.807, 2.05) is 0 Å². The van der Waals surface area contributed by atoms with Crippen molar-refractivity contribution >= 4 is 21.6 Å². The Morgan fingerprint density at radius 3 is 2.65 bits per heavy atom. The first-order valence-electron chi connectivity index (χ1n) is 6.76. The lowest BCUT2D eigenvalue weighted by molar-refractivity contribution is 0.435. The molecule has 1 fully saturated rings. The maximum Gasteiger partial charge on any atom is 0.0368 e. The van der Waals surface area contributed by atoms with Crippen LogP contribution in [-0.4, -0.2) is 12.6 Å². The Hall–Kier alpha value is -0.500. The Bertz CT molecular complexity index is 331. The summed E-state index contributed by atoms with van der Waals surface area (Å²) in [7, 11) is 0. The highest BCUT2D eigenvalue weighted by molar-refractivity contribution is 9.08. The van der Waals surface area contributed by atoms with Crippen molar-refractivity contribution in [3.63, 3.8) is 0 Å². The zero-order valence-corrected chi connectivity index (χ0v) is 12.2. The molecular weight excluding hydrogens is 274 g/mol. The van der Waals surface area contributed by atoms with E-state index in [1.165, 1.54) is 49.9 Å². The normalized spacial score (nSPS) is 20.6. The molecule has 17 heavy (non-hydrogen) atoms. The van der Waals surface area contributed by atoms with Gasteiger partial charge in [-0.25, -0.2) is 0 Å². The number of hydrogen-bond acceptors (Lipinski definition) is 1. The summed E-state index contributed by atoms with van der Waals surface area (Å²) in [6, 6.07) is 9.81. The van der Waals surface area contributed by atoms with Gasteiger partial charge in [-0.05, 0) is 43.4 Å². The van der Waals surface area contributed by atoms with Gasteiger partial charge < -0.3 is 4.90 Å². The lowest BCUT2D eigenvalue weighted by atomic mass is 9.97. The quantitative estimate of drug-likeness (QED) is 0.725. The van der Waals surface area contributed by atoms with Gasteiger partial charge in [0.1, 0.15) is 0 Å². The van der Waals surface area contributed by atoms with Crippen LogP contribution < -0.4 is 4.90 Å². The molecule has 1 aromatic rings. The Labute approximate surface area is 113 Å². The molecule has 1 unspecified atom stereocenters. The standard InChI is InChI=1S/C15H22BrN/c1-2-5-14-6-3-4-11-17(14)15-9-7-13(12-16)8-10-15/h7-10,14H,2-6,11-12H2,1H3. The van der Waals surface area contributed by atoms with E-state index in [9.17, 15) is 0 Å². The van der Waals surface area contributed by atoms with Crippen LogP contribution in [0.25, 0.3) is 0 Å². The molecule has 0 bridgehead atoms. The van der Waals surface area contributed by atoms with Crippen LogP contribution in [-0.2, 0) is 5.33 Å². The summed E-state index contributed by atoms with van der Waals surface area (Å²) in [5, 5.41) is 0.950. The lowest BCUT2D eigenvalue weighted by Crippen LogP contribution is -2.39. The van der Waals surface area contributed by atoms with E-state index in [0.29, 0.717) is 0 Å². The zero-order chi connectivity index (χ0) is 12.1. The molecule has 1 saturated heterocycles. The molecule has 0 aromatic heterocycles. The second-order valence-corrected chi connectivity index (χ2v) is 5.49. The minimum absolute atomic E-state index is 0.767. The van der Waals surface area contributed by atoms with E-state index >= 15 is 0 Å². The SMILES string of the molecule is CCCC1CCCCN1c1ccc(CBr)cc1. The van der Waals surface area contributed by atoms with Crippen molar-refractivity contribution in [3.8, 4) is 0 Å². The number of hydrogen-bond donors (Lipinski definition) is 0. The first-order chi connectivity index (χ1) is 8.35. The number of halogens is 1. The lowest BCUT2D eigenvalue weighted by Gasteiger charge is -2.37. The molecule has 1 aliphatic rings. The molecule has 1 aromatic carbocycles. The van der Waals surface area contributed by atoms with Crippen LogP contribution in [0, 0.1) is 0 Å². The van der Waals surface area contributed by atoms with E-state index in [2.05, 4.69) is 52.0 Å². The fraction of sp³-hybridized carbons (Fsp3) is 0.600. The van der Waals surface area contributed by atoms with Gasteiger partial charge in [0, 0.05) is 23.6 Å². The topological polar surface area (TPSA) is 3.24 Å². The van der Waals surface area contributed by atoms with E-state index in [4.69, 9.17) is 0 Å². The molecule has 0 aliphatic carbocycles. The third-order valence-electron chi connectivity index (χ3n) is 3.67. The third-order valence-corrected chi connectivity index (χ3v) is 4.32. The van der Waals surface area contributed by atoms with Crippen molar-refractivity contribution in [1.82, 2.24) is 0 Å². The van der Waals surface area contributed by atoms with Crippen LogP contribution in [0.4, 0.5) is 5.69 Å². The van der Waals surface area contributed by atoms with Crippen LogP contribution in [0.2, 0.25) is 0 Å². The van der Waals surface area contributed by atoms with Crippen molar-refractivity contribution in [2.75, 3.05) is 11.4 Å². The predicted molar refractivity (Wildman–Crippen MR) is 79.0 cm³/mol. The van der Waals surface area contributed by atoms with E-state index < -0.39 is 0 Å². The monoisotopic (exact) mass is 295 g/mol. The number of rotatable bonds is 4. The van der Waals surface area contributed by atoms with Gasteiger partial charge in [-0.15, -0.1) is 0 Å². The molecule has 94 valence electrons. The molecule has 1 heterocycles. The molecule has 0 spiro atoms. The van der Waals surface area contributed by atoms with Gasteiger partial charge in [-0.2, -0.15) is 0 Å². The first-order valence-corrected chi connectivity index (χ1v) is 7.89. The Balaban J connectivity index is 2.11. The average Bonchev–Trinajstić information content (AvgIpc) is 2.40. The summed E-state index contributed by atoms with van der Waals surface area (Å²) in [6.07, 6.45) is 6.75.